The van der Waals surface area contributed by atoms with E-state index in [0.29, 0.717) is 12.6 Å². The standard InChI is InChI=1S/C21H33N3O2/c1-4-18(5-2)23-11-13-24(14-12-23)21(25)20-19(22(3)15-16-26-20)17-9-7-6-8-10-17/h6-10,18-20H,4-5,11-16H2,1-3H3/t19-,20+/m0/s1. The first-order chi connectivity index (χ1) is 12.7. The van der Waals surface area contributed by atoms with Gasteiger partial charge in [0.25, 0.3) is 5.91 Å². The van der Waals surface area contributed by atoms with Crippen LogP contribution in [0.2, 0.25) is 0 Å². The van der Waals surface area contributed by atoms with Gasteiger partial charge in [0.2, 0.25) is 0 Å². The molecule has 144 valence electrons. The topological polar surface area (TPSA) is 36.0 Å². The minimum atomic E-state index is -0.407. The van der Waals surface area contributed by atoms with Crippen molar-refractivity contribution in [2.45, 2.75) is 44.9 Å². The summed E-state index contributed by atoms with van der Waals surface area (Å²) in [5, 5.41) is 0. The summed E-state index contributed by atoms with van der Waals surface area (Å²) in [6.07, 6.45) is 1.95. The number of ether oxygens (including phenoxy) is 1. The molecule has 2 aliphatic rings. The molecule has 1 amide bonds. The van der Waals surface area contributed by atoms with Crippen molar-refractivity contribution in [2.75, 3.05) is 46.4 Å². The maximum Gasteiger partial charge on any atom is 0.253 e. The van der Waals surface area contributed by atoms with Gasteiger partial charge in [-0.25, -0.2) is 0 Å². The van der Waals surface area contributed by atoms with Gasteiger partial charge >= 0.3 is 0 Å². The lowest BCUT2D eigenvalue weighted by Gasteiger charge is -2.43. The Bertz CT molecular complexity index is 568. The maximum absolute atomic E-state index is 13.3. The van der Waals surface area contributed by atoms with Crippen LogP contribution in [0, 0.1) is 0 Å². The second-order valence-corrected chi connectivity index (χ2v) is 7.46. The summed E-state index contributed by atoms with van der Waals surface area (Å²) in [6.45, 7) is 9.52. The lowest BCUT2D eigenvalue weighted by Crippen LogP contribution is -2.57. The van der Waals surface area contributed by atoms with Gasteiger partial charge in [-0.1, -0.05) is 44.2 Å². The molecule has 26 heavy (non-hydrogen) atoms. The number of rotatable bonds is 5. The Morgan fingerprint density at radius 1 is 1.08 bits per heavy atom. The van der Waals surface area contributed by atoms with Gasteiger partial charge in [0.1, 0.15) is 0 Å². The zero-order valence-corrected chi connectivity index (χ0v) is 16.4. The molecule has 2 aliphatic heterocycles. The number of piperazine rings is 1. The fraction of sp³-hybridized carbons (Fsp3) is 0.667. The van der Waals surface area contributed by atoms with Crippen LogP contribution in [0.4, 0.5) is 0 Å². The molecule has 2 heterocycles. The molecule has 0 spiro atoms. The molecule has 1 aromatic carbocycles. The maximum atomic E-state index is 13.3. The van der Waals surface area contributed by atoms with Crippen molar-refractivity contribution >= 4 is 5.91 Å². The number of hydrogen-bond acceptors (Lipinski definition) is 4. The molecule has 0 aromatic heterocycles. The average Bonchev–Trinajstić information content (AvgIpc) is 2.69. The number of amides is 1. The molecule has 0 unspecified atom stereocenters. The molecule has 1 aromatic rings. The van der Waals surface area contributed by atoms with Crippen LogP contribution >= 0.6 is 0 Å². The number of benzene rings is 1. The predicted octanol–water partition coefficient (Wildman–Crippen LogP) is 2.39. The van der Waals surface area contributed by atoms with Gasteiger partial charge in [-0.2, -0.15) is 0 Å². The van der Waals surface area contributed by atoms with E-state index in [4.69, 9.17) is 4.74 Å². The van der Waals surface area contributed by atoms with Crippen LogP contribution in [0.1, 0.15) is 38.3 Å². The average molecular weight is 360 g/mol. The Hall–Kier alpha value is -1.43. The first-order valence-electron chi connectivity index (χ1n) is 10.0. The second-order valence-electron chi connectivity index (χ2n) is 7.46. The molecular formula is C21H33N3O2. The van der Waals surface area contributed by atoms with Crippen molar-refractivity contribution in [1.82, 2.24) is 14.7 Å². The Morgan fingerprint density at radius 2 is 1.73 bits per heavy atom. The van der Waals surface area contributed by atoms with Gasteiger partial charge in [0.05, 0.1) is 12.6 Å². The van der Waals surface area contributed by atoms with E-state index < -0.39 is 6.10 Å². The summed E-state index contributed by atoms with van der Waals surface area (Å²) in [5.74, 6) is 0.148. The largest absolute Gasteiger partial charge is 0.365 e. The predicted molar refractivity (Wildman–Crippen MR) is 104 cm³/mol. The van der Waals surface area contributed by atoms with E-state index in [2.05, 4.69) is 42.8 Å². The van der Waals surface area contributed by atoms with Crippen molar-refractivity contribution in [2.24, 2.45) is 0 Å². The molecule has 2 saturated heterocycles. The zero-order chi connectivity index (χ0) is 18.5. The third-order valence-corrected chi connectivity index (χ3v) is 5.97. The molecule has 0 saturated carbocycles. The van der Waals surface area contributed by atoms with Crippen LogP contribution in [0.5, 0.6) is 0 Å². The summed E-state index contributed by atoms with van der Waals surface area (Å²) in [4.78, 5) is 20.1. The fourth-order valence-electron chi connectivity index (χ4n) is 4.36. The number of nitrogens with zero attached hydrogens (tertiary/aromatic N) is 3. The molecular weight excluding hydrogens is 326 g/mol. The summed E-state index contributed by atoms with van der Waals surface area (Å²) >= 11 is 0. The minimum absolute atomic E-state index is 0.00508. The molecule has 5 heteroatoms. The Kier molecular flexibility index (Phi) is 6.68. The van der Waals surface area contributed by atoms with E-state index in [1.165, 1.54) is 12.8 Å². The Morgan fingerprint density at radius 3 is 2.35 bits per heavy atom. The first-order valence-corrected chi connectivity index (χ1v) is 10.0. The van der Waals surface area contributed by atoms with Crippen LogP contribution in [0.3, 0.4) is 0 Å². The van der Waals surface area contributed by atoms with E-state index >= 15 is 0 Å². The lowest BCUT2D eigenvalue weighted by atomic mass is 9.97. The van der Waals surface area contributed by atoms with Crippen molar-refractivity contribution < 1.29 is 9.53 Å². The van der Waals surface area contributed by atoms with Gasteiger partial charge < -0.3 is 9.64 Å². The molecule has 0 aliphatic carbocycles. The van der Waals surface area contributed by atoms with Gasteiger partial charge in [0, 0.05) is 38.8 Å². The van der Waals surface area contributed by atoms with Crippen molar-refractivity contribution in [3.63, 3.8) is 0 Å². The van der Waals surface area contributed by atoms with E-state index in [1.54, 1.807) is 0 Å². The summed E-state index contributed by atoms with van der Waals surface area (Å²) < 4.78 is 6.00. The highest BCUT2D eigenvalue weighted by Gasteiger charge is 2.39. The normalized spacial score (nSPS) is 25.6. The van der Waals surface area contributed by atoms with Crippen LogP contribution < -0.4 is 0 Å². The van der Waals surface area contributed by atoms with E-state index in [-0.39, 0.29) is 11.9 Å². The molecule has 2 atom stereocenters. The smallest absolute Gasteiger partial charge is 0.253 e. The molecule has 0 bridgehead atoms. The SMILES string of the molecule is CCC(CC)N1CCN(C(=O)[C@@H]2OCCN(C)[C@H]2c2ccccc2)CC1. The van der Waals surface area contributed by atoms with Crippen LogP contribution in [-0.4, -0.2) is 79.1 Å². The van der Waals surface area contributed by atoms with E-state index in [9.17, 15) is 4.79 Å². The highest BCUT2D eigenvalue weighted by molar-refractivity contribution is 5.82. The van der Waals surface area contributed by atoms with Gasteiger partial charge in [-0.15, -0.1) is 0 Å². The minimum Gasteiger partial charge on any atom is -0.365 e. The van der Waals surface area contributed by atoms with Gasteiger partial charge in [0.15, 0.2) is 6.10 Å². The van der Waals surface area contributed by atoms with E-state index in [1.807, 2.05) is 23.1 Å². The number of hydrogen-bond donors (Lipinski definition) is 0. The number of morpholine rings is 1. The van der Waals surface area contributed by atoms with Crippen LogP contribution in [0.15, 0.2) is 30.3 Å². The van der Waals surface area contributed by atoms with Crippen LogP contribution in [0.25, 0.3) is 0 Å². The third-order valence-electron chi connectivity index (χ3n) is 5.97. The second kappa shape index (κ2) is 8.98. The molecule has 0 N–H and O–H groups in total. The molecule has 0 radical (unpaired) electrons. The van der Waals surface area contributed by atoms with E-state index in [0.717, 1.165) is 38.3 Å². The zero-order valence-electron chi connectivity index (χ0n) is 16.4. The van der Waals surface area contributed by atoms with Crippen LogP contribution in [-0.2, 0) is 9.53 Å². The highest BCUT2D eigenvalue weighted by Crippen LogP contribution is 2.29. The lowest BCUT2D eigenvalue weighted by molar-refractivity contribution is -0.157. The monoisotopic (exact) mass is 359 g/mol. The molecule has 3 rings (SSSR count). The fourth-order valence-corrected chi connectivity index (χ4v) is 4.36. The Balaban J connectivity index is 1.68. The first kappa shape index (κ1) is 19.3. The van der Waals surface area contributed by atoms with Gasteiger partial charge in [-0.3, -0.25) is 14.6 Å². The summed E-state index contributed by atoms with van der Waals surface area (Å²) in [7, 11) is 2.09. The Labute approximate surface area is 157 Å². The van der Waals surface area contributed by atoms with Crippen molar-refractivity contribution in [3.05, 3.63) is 35.9 Å². The van der Waals surface area contributed by atoms with Crippen molar-refractivity contribution in [3.8, 4) is 0 Å². The summed E-state index contributed by atoms with van der Waals surface area (Å²) in [6, 6.07) is 10.9. The number of likely N-dealkylation sites (N-methyl/N-ethyl adjacent to an activating group) is 1. The van der Waals surface area contributed by atoms with Crippen molar-refractivity contribution in [1.29, 1.82) is 0 Å². The number of carbonyl (C=O) groups is 1. The summed E-state index contributed by atoms with van der Waals surface area (Å²) in [5.41, 5.74) is 1.16. The quantitative estimate of drug-likeness (QED) is 0.809. The highest BCUT2D eigenvalue weighted by atomic mass is 16.5. The molecule has 2 fully saturated rings. The number of carbonyl (C=O) groups excluding carboxylic acids is 1. The third kappa shape index (κ3) is 4.11. The van der Waals surface area contributed by atoms with Gasteiger partial charge in [-0.05, 0) is 25.5 Å². The molecule has 5 nitrogen and oxygen atoms in total.